The first-order chi connectivity index (χ1) is 7.68. The van der Waals surface area contributed by atoms with Gasteiger partial charge in [-0.1, -0.05) is 54.0 Å². The molecule has 84 valence electrons. The molecule has 0 fully saturated rings. The van der Waals surface area contributed by atoms with Gasteiger partial charge in [-0.25, -0.2) is 0 Å². The molecule has 0 aliphatic heterocycles. The molecule has 2 rings (SSSR count). The lowest BCUT2D eigenvalue weighted by Crippen LogP contribution is -2.01. The molecule has 0 amide bonds. The van der Waals surface area contributed by atoms with E-state index in [1.165, 1.54) is 16.3 Å². The third kappa shape index (κ3) is 2.43. The highest BCUT2D eigenvalue weighted by atomic mass is 79.9. The molecule has 0 radical (unpaired) electrons. The van der Waals surface area contributed by atoms with E-state index in [1.807, 2.05) is 12.4 Å². The molecule has 16 heavy (non-hydrogen) atoms. The maximum atomic E-state index is 4.33. The highest BCUT2D eigenvalue weighted by molar-refractivity contribution is 9.09. The summed E-state index contributed by atoms with van der Waals surface area (Å²) in [5.41, 5.74) is 1.35. The molecule has 0 bridgehead atoms. The highest BCUT2D eigenvalue weighted by Crippen LogP contribution is 2.28. The zero-order valence-corrected chi connectivity index (χ0v) is 11.2. The molecule has 0 spiro atoms. The largest absolute Gasteiger partial charge is 0.264 e. The third-order valence-electron chi connectivity index (χ3n) is 2.91. The van der Waals surface area contributed by atoms with E-state index in [-0.39, 0.29) is 0 Å². The molecule has 2 unspecified atom stereocenters. The molecule has 0 aliphatic carbocycles. The van der Waals surface area contributed by atoms with Gasteiger partial charge in [0.1, 0.15) is 0 Å². The van der Waals surface area contributed by atoms with Crippen LogP contribution in [-0.4, -0.2) is 9.81 Å². The lowest BCUT2D eigenvalue weighted by Gasteiger charge is -2.15. The minimum atomic E-state index is 0.535. The second-order valence-corrected chi connectivity index (χ2v) is 5.93. The van der Waals surface area contributed by atoms with Crippen LogP contribution in [0.2, 0.25) is 0 Å². The monoisotopic (exact) mass is 277 g/mol. The van der Waals surface area contributed by atoms with Gasteiger partial charge in [0.25, 0.3) is 0 Å². The Kier molecular flexibility index (Phi) is 3.59. The fourth-order valence-electron chi connectivity index (χ4n) is 2.15. The summed E-state index contributed by atoms with van der Waals surface area (Å²) in [7, 11) is 0. The Morgan fingerprint density at radius 2 is 1.94 bits per heavy atom. The SMILES string of the molecule is CC(Br)CC(C)c1cncc2ccccc12. The van der Waals surface area contributed by atoms with E-state index in [2.05, 4.69) is 59.0 Å². The number of halogens is 1. The van der Waals surface area contributed by atoms with Crippen LogP contribution in [0.5, 0.6) is 0 Å². The van der Waals surface area contributed by atoms with Crippen LogP contribution >= 0.6 is 15.9 Å². The fourth-order valence-corrected chi connectivity index (χ4v) is 2.71. The van der Waals surface area contributed by atoms with Crippen LogP contribution in [0.3, 0.4) is 0 Å². The number of aromatic nitrogens is 1. The number of hydrogen-bond donors (Lipinski definition) is 0. The fraction of sp³-hybridized carbons (Fsp3) is 0.357. The lowest BCUT2D eigenvalue weighted by atomic mass is 9.94. The van der Waals surface area contributed by atoms with Gasteiger partial charge in [0.05, 0.1) is 0 Å². The molecule has 0 N–H and O–H groups in total. The molecule has 0 aliphatic rings. The van der Waals surface area contributed by atoms with Gasteiger partial charge >= 0.3 is 0 Å². The van der Waals surface area contributed by atoms with Gasteiger partial charge in [0.15, 0.2) is 0 Å². The van der Waals surface area contributed by atoms with E-state index in [0.717, 1.165) is 6.42 Å². The number of alkyl halides is 1. The van der Waals surface area contributed by atoms with Crippen LogP contribution in [0.1, 0.15) is 31.7 Å². The van der Waals surface area contributed by atoms with Crippen LogP contribution in [0.4, 0.5) is 0 Å². The summed E-state index contributed by atoms with van der Waals surface area (Å²) in [5.74, 6) is 0.535. The predicted octanol–water partition coefficient (Wildman–Crippen LogP) is 4.51. The van der Waals surface area contributed by atoms with Crippen LogP contribution in [0.15, 0.2) is 36.7 Å². The van der Waals surface area contributed by atoms with E-state index in [0.29, 0.717) is 10.7 Å². The second-order valence-electron chi connectivity index (χ2n) is 4.37. The maximum Gasteiger partial charge on any atom is 0.0346 e. The van der Waals surface area contributed by atoms with Crippen LogP contribution in [0, 0.1) is 0 Å². The number of fused-ring (bicyclic) bond motifs is 1. The number of benzene rings is 1. The van der Waals surface area contributed by atoms with Crippen LogP contribution in [-0.2, 0) is 0 Å². The summed E-state index contributed by atoms with van der Waals surface area (Å²) in [4.78, 5) is 4.87. The van der Waals surface area contributed by atoms with Crippen molar-refractivity contribution in [2.75, 3.05) is 0 Å². The Bertz CT molecular complexity index is 474. The van der Waals surface area contributed by atoms with Gasteiger partial charge in [-0.3, -0.25) is 4.98 Å². The molecule has 0 saturated heterocycles. The third-order valence-corrected chi connectivity index (χ3v) is 3.28. The average Bonchev–Trinajstić information content (AvgIpc) is 2.27. The number of rotatable bonds is 3. The van der Waals surface area contributed by atoms with Gasteiger partial charge in [0, 0.05) is 22.6 Å². The van der Waals surface area contributed by atoms with Crippen molar-refractivity contribution < 1.29 is 0 Å². The maximum absolute atomic E-state index is 4.33. The highest BCUT2D eigenvalue weighted by Gasteiger charge is 2.11. The molecule has 2 aromatic rings. The lowest BCUT2D eigenvalue weighted by molar-refractivity contribution is 0.684. The van der Waals surface area contributed by atoms with E-state index < -0.39 is 0 Å². The first-order valence-corrected chi connectivity index (χ1v) is 6.56. The Labute approximate surface area is 105 Å². The molecule has 2 heteroatoms. The summed E-state index contributed by atoms with van der Waals surface area (Å²) in [6.07, 6.45) is 5.07. The van der Waals surface area contributed by atoms with Gasteiger partial charge in [-0.15, -0.1) is 0 Å². The average molecular weight is 278 g/mol. The Balaban J connectivity index is 2.44. The minimum absolute atomic E-state index is 0.535. The van der Waals surface area contributed by atoms with E-state index >= 15 is 0 Å². The molecule has 1 aromatic heterocycles. The summed E-state index contributed by atoms with van der Waals surface area (Å²) < 4.78 is 0. The molecule has 1 nitrogen and oxygen atoms in total. The summed E-state index contributed by atoms with van der Waals surface area (Å²) >= 11 is 3.62. The van der Waals surface area contributed by atoms with E-state index in [1.54, 1.807) is 0 Å². The number of pyridine rings is 1. The first kappa shape index (κ1) is 11.6. The van der Waals surface area contributed by atoms with Crippen molar-refractivity contribution in [3.8, 4) is 0 Å². The summed E-state index contributed by atoms with van der Waals surface area (Å²) in [5, 5.41) is 2.56. The quantitative estimate of drug-likeness (QED) is 0.753. The Hall–Kier alpha value is -0.890. The van der Waals surface area contributed by atoms with Crippen molar-refractivity contribution in [3.63, 3.8) is 0 Å². The Morgan fingerprint density at radius 3 is 2.69 bits per heavy atom. The van der Waals surface area contributed by atoms with Gasteiger partial charge in [-0.2, -0.15) is 0 Å². The standard InChI is InChI=1S/C14H16BrN/c1-10(7-11(2)15)14-9-16-8-12-5-3-4-6-13(12)14/h3-6,8-11H,7H2,1-2H3. The first-order valence-electron chi connectivity index (χ1n) is 5.65. The van der Waals surface area contributed by atoms with Crippen molar-refractivity contribution in [1.82, 2.24) is 4.98 Å². The smallest absolute Gasteiger partial charge is 0.0346 e. The zero-order valence-electron chi connectivity index (χ0n) is 9.65. The van der Waals surface area contributed by atoms with Crippen LogP contribution < -0.4 is 0 Å². The molecule has 0 saturated carbocycles. The van der Waals surface area contributed by atoms with Gasteiger partial charge in [-0.05, 0) is 23.3 Å². The van der Waals surface area contributed by atoms with Crippen molar-refractivity contribution in [2.24, 2.45) is 0 Å². The molecule has 1 aromatic carbocycles. The minimum Gasteiger partial charge on any atom is -0.264 e. The van der Waals surface area contributed by atoms with E-state index in [4.69, 9.17) is 0 Å². The molecular formula is C14H16BrN. The zero-order chi connectivity index (χ0) is 11.5. The molecular weight excluding hydrogens is 262 g/mol. The normalized spacial score (nSPS) is 14.9. The van der Waals surface area contributed by atoms with Gasteiger partial charge < -0.3 is 0 Å². The van der Waals surface area contributed by atoms with Crippen molar-refractivity contribution in [2.45, 2.75) is 31.0 Å². The molecule has 2 atom stereocenters. The topological polar surface area (TPSA) is 12.9 Å². The second kappa shape index (κ2) is 4.96. The summed E-state index contributed by atoms with van der Waals surface area (Å²) in [6.45, 7) is 4.45. The number of nitrogens with zero attached hydrogens (tertiary/aromatic N) is 1. The van der Waals surface area contributed by atoms with Crippen LogP contribution in [0.25, 0.3) is 10.8 Å². The molecule has 1 heterocycles. The van der Waals surface area contributed by atoms with Crippen molar-refractivity contribution in [1.29, 1.82) is 0 Å². The van der Waals surface area contributed by atoms with E-state index in [9.17, 15) is 0 Å². The number of hydrogen-bond acceptors (Lipinski definition) is 1. The van der Waals surface area contributed by atoms with Crippen molar-refractivity contribution >= 4 is 26.7 Å². The summed E-state index contributed by atoms with van der Waals surface area (Å²) in [6, 6.07) is 8.46. The van der Waals surface area contributed by atoms with Crippen molar-refractivity contribution in [3.05, 3.63) is 42.2 Å². The van der Waals surface area contributed by atoms with Gasteiger partial charge in [0.2, 0.25) is 0 Å². The predicted molar refractivity (Wildman–Crippen MR) is 73.2 cm³/mol. The Morgan fingerprint density at radius 1 is 1.19 bits per heavy atom.